The van der Waals surface area contributed by atoms with Crippen LogP contribution in [-0.4, -0.2) is 6.54 Å². The second-order valence-corrected chi connectivity index (χ2v) is 4.22. The first kappa shape index (κ1) is 9.72. The van der Waals surface area contributed by atoms with Gasteiger partial charge in [0.2, 0.25) is 0 Å². The summed E-state index contributed by atoms with van der Waals surface area (Å²) in [6.07, 6.45) is 2.78. The summed E-state index contributed by atoms with van der Waals surface area (Å²) in [6, 6.07) is 9.53. The standard InChI is InChI=1S/C13H19N/c1-3-14-10(2)12-5-4-6-13(9-12)11-7-8-11/h4-6,9-11,14H,3,7-8H2,1-2H3. The topological polar surface area (TPSA) is 12.0 Å². The van der Waals surface area contributed by atoms with E-state index in [2.05, 4.69) is 43.4 Å². The van der Waals surface area contributed by atoms with Crippen LogP contribution in [0.5, 0.6) is 0 Å². The monoisotopic (exact) mass is 189 g/mol. The molecular formula is C13H19N. The van der Waals surface area contributed by atoms with Crippen molar-refractivity contribution in [2.45, 2.75) is 38.6 Å². The lowest BCUT2D eigenvalue weighted by atomic mass is 10.0. The number of nitrogens with one attached hydrogen (secondary N) is 1. The van der Waals surface area contributed by atoms with Gasteiger partial charge in [-0.25, -0.2) is 0 Å². The minimum Gasteiger partial charge on any atom is -0.310 e. The normalized spacial score (nSPS) is 18.1. The Morgan fingerprint density at radius 3 is 2.86 bits per heavy atom. The molecule has 0 bridgehead atoms. The number of rotatable bonds is 4. The smallest absolute Gasteiger partial charge is 0.0291 e. The largest absolute Gasteiger partial charge is 0.310 e. The zero-order chi connectivity index (χ0) is 9.97. The Labute approximate surface area is 86.5 Å². The van der Waals surface area contributed by atoms with E-state index in [0.29, 0.717) is 6.04 Å². The molecule has 1 aliphatic rings. The third-order valence-corrected chi connectivity index (χ3v) is 2.97. The summed E-state index contributed by atoms with van der Waals surface area (Å²) >= 11 is 0. The van der Waals surface area contributed by atoms with Gasteiger partial charge in [0, 0.05) is 6.04 Å². The quantitative estimate of drug-likeness (QED) is 0.766. The third kappa shape index (κ3) is 2.16. The van der Waals surface area contributed by atoms with Crippen molar-refractivity contribution in [1.29, 1.82) is 0 Å². The molecule has 1 N–H and O–H groups in total. The first-order valence-corrected chi connectivity index (χ1v) is 5.64. The van der Waals surface area contributed by atoms with Crippen molar-refractivity contribution in [3.63, 3.8) is 0 Å². The summed E-state index contributed by atoms with van der Waals surface area (Å²) < 4.78 is 0. The van der Waals surface area contributed by atoms with Crippen LogP contribution < -0.4 is 5.32 Å². The molecule has 0 radical (unpaired) electrons. The van der Waals surface area contributed by atoms with E-state index in [1.807, 2.05) is 0 Å². The fourth-order valence-electron chi connectivity index (χ4n) is 1.92. The van der Waals surface area contributed by atoms with Gasteiger partial charge < -0.3 is 5.32 Å². The summed E-state index contributed by atoms with van der Waals surface area (Å²) in [5, 5.41) is 3.45. The number of hydrogen-bond donors (Lipinski definition) is 1. The molecule has 1 aromatic rings. The van der Waals surface area contributed by atoms with Crippen LogP contribution in [0.2, 0.25) is 0 Å². The van der Waals surface area contributed by atoms with Crippen molar-refractivity contribution >= 4 is 0 Å². The van der Waals surface area contributed by atoms with Gasteiger partial charge in [-0.15, -0.1) is 0 Å². The molecule has 0 heterocycles. The van der Waals surface area contributed by atoms with E-state index in [-0.39, 0.29) is 0 Å². The SMILES string of the molecule is CCNC(C)c1cccc(C2CC2)c1. The molecule has 0 amide bonds. The van der Waals surface area contributed by atoms with Crippen LogP contribution in [-0.2, 0) is 0 Å². The highest BCUT2D eigenvalue weighted by Gasteiger charge is 2.23. The van der Waals surface area contributed by atoms with E-state index in [9.17, 15) is 0 Å². The number of hydrogen-bond acceptors (Lipinski definition) is 1. The molecule has 0 spiro atoms. The van der Waals surface area contributed by atoms with E-state index in [0.717, 1.165) is 12.5 Å². The maximum absolute atomic E-state index is 3.45. The third-order valence-electron chi connectivity index (χ3n) is 2.97. The van der Waals surface area contributed by atoms with E-state index >= 15 is 0 Å². The average Bonchev–Trinajstić information content (AvgIpc) is 3.02. The van der Waals surface area contributed by atoms with E-state index in [1.165, 1.54) is 24.0 Å². The van der Waals surface area contributed by atoms with Crippen molar-refractivity contribution in [3.05, 3.63) is 35.4 Å². The van der Waals surface area contributed by atoms with Gasteiger partial charge in [-0.3, -0.25) is 0 Å². The molecule has 1 atom stereocenters. The molecule has 1 unspecified atom stereocenters. The Hall–Kier alpha value is -0.820. The predicted molar refractivity (Wildman–Crippen MR) is 60.5 cm³/mol. The fourth-order valence-corrected chi connectivity index (χ4v) is 1.92. The van der Waals surface area contributed by atoms with Gasteiger partial charge in [0.15, 0.2) is 0 Å². The molecule has 0 aromatic heterocycles. The predicted octanol–water partition coefficient (Wildman–Crippen LogP) is 3.23. The zero-order valence-electron chi connectivity index (χ0n) is 9.09. The van der Waals surface area contributed by atoms with Crippen LogP contribution in [0.15, 0.2) is 24.3 Å². The highest BCUT2D eigenvalue weighted by Crippen LogP contribution is 2.40. The lowest BCUT2D eigenvalue weighted by Crippen LogP contribution is -2.17. The van der Waals surface area contributed by atoms with Gasteiger partial charge in [0.25, 0.3) is 0 Å². The molecule has 1 saturated carbocycles. The second-order valence-electron chi connectivity index (χ2n) is 4.22. The van der Waals surface area contributed by atoms with Crippen molar-refractivity contribution in [2.24, 2.45) is 0 Å². The minimum atomic E-state index is 0.485. The average molecular weight is 189 g/mol. The van der Waals surface area contributed by atoms with Gasteiger partial charge >= 0.3 is 0 Å². The first-order chi connectivity index (χ1) is 6.81. The lowest BCUT2D eigenvalue weighted by Gasteiger charge is -2.13. The van der Waals surface area contributed by atoms with Gasteiger partial charge in [0.1, 0.15) is 0 Å². The molecule has 2 rings (SSSR count). The summed E-state index contributed by atoms with van der Waals surface area (Å²) in [4.78, 5) is 0. The van der Waals surface area contributed by atoms with Crippen LogP contribution >= 0.6 is 0 Å². The Bertz CT molecular complexity index is 302. The molecule has 1 aromatic carbocycles. The lowest BCUT2D eigenvalue weighted by molar-refractivity contribution is 0.597. The Morgan fingerprint density at radius 1 is 1.43 bits per heavy atom. The van der Waals surface area contributed by atoms with E-state index in [1.54, 1.807) is 0 Å². The van der Waals surface area contributed by atoms with Crippen LogP contribution in [0.1, 0.15) is 49.8 Å². The van der Waals surface area contributed by atoms with E-state index in [4.69, 9.17) is 0 Å². The second kappa shape index (κ2) is 4.14. The van der Waals surface area contributed by atoms with Crippen LogP contribution in [0, 0.1) is 0 Å². The fraction of sp³-hybridized carbons (Fsp3) is 0.538. The Balaban J connectivity index is 2.12. The van der Waals surface area contributed by atoms with Gasteiger partial charge in [-0.1, -0.05) is 31.2 Å². The van der Waals surface area contributed by atoms with Crippen LogP contribution in [0.3, 0.4) is 0 Å². The molecule has 1 aliphatic carbocycles. The molecular weight excluding hydrogens is 170 g/mol. The highest BCUT2D eigenvalue weighted by molar-refractivity contribution is 5.30. The first-order valence-electron chi connectivity index (χ1n) is 5.64. The minimum absolute atomic E-state index is 0.485. The van der Waals surface area contributed by atoms with Gasteiger partial charge in [-0.2, -0.15) is 0 Å². The van der Waals surface area contributed by atoms with Crippen molar-refractivity contribution in [1.82, 2.24) is 5.32 Å². The molecule has 1 fully saturated rings. The maximum atomic E-state index is 3.45. The van der Waals surface area contributed by atoms with Crippen molar-refractivity contribution < 1.29 is 0 Å². The summed E-state index contributed by atoms with van der Waals surface area (Å²) in [7, 11) is 0. The van der Waals surface area contributed by atoms with Gasteiger partial charge in [-0.05, 0) is 43.4 Å². The van der Waals surface area contributed by atoms with Crippen molar-refractivity contribution in [3.8, 4) is 0 Å². The number of benzene rings is 1. The molecule has 1 nitrogen and oxygen atoms in total. The highest BCUT2D eigenvalue weighted by atomic mass is 14.9. The molecule has 14 heavy (non-hydrogen) atoms. The summed E-state index contributed by atoms with van der Waals surface area (Å²) in [5.74, 6) is 0.865. The molecule has 1 heteroatoms. The maximum Gasteiger partial charge on any atom is 0.0291 e. The molecule has 0 aliphatic heterocycles. The van der Waals surface area contributed by atoms with Crippen LogP contribution in [0.25, 0.3) is 0 Å². The zero-order valence-corrected chi connectivity index (χ0v) is 9.09. The van der Waals surface area contributed by atoms with Crippen molar-refractivity contribution in [2.75, 3.05) is 6.54 Å². The molecule has 0 saturated heterocycles. The Morgan fingerprint density at radius 2 is 2.21 bits per heavy atom. The summed E-state index contributed by atoms with van der Waals surface area (Å²) in [5.41, 5.74) is 2.96. The molecule has 76 valence electrons. The van der Waals surface area contributed by atoms with E-state index < -0.39 is 0 Å². The van der Waals surface area contributed by atoms with Crippen LogP contribution in [0.4, 0.5) is 0 Å². The van der Waals surface area contributed by atoms with Gasteiger partial charge in [0.05, 0.1) is 0 Å². The summed E-state index contributed by atoms with van der Waals surface area (Å²) in [6.45, 7) is 5.42. The Kier molecular flexibility index (Phi) is 2.87.